The van der Waals surface area contributed by atoms with Crippen LogP contribution in [0.15, 0.2) is 35.3 Å². The zero-order valence-corrected chi connectivity index (χ0v) is 12.8. The highest BCUT2D eigenvalue weighted by molar-refractivity contribution is 5.85. The Morgan fingerprint density at radius 2 is 1.80 bits per heavy atom. The van der Waals surface area contributed by atoms with Gasteiger partial charge in [-0.1, -0.05) is 51.1 Å². The lowest BCUT2D eigenvalue weighted by molar-refractivity contribution is -0.224. The molecule has 3 nitrogen and oxygen atoms in total. The van der Waals surface area contributed by atoms with Crippen LogP contribution < -0.4 is 5.11 Å². The fourth-order valence-corrected chi connectivity index (χ4v) is 2.21. The molecule has 0 heterocycles. The van der Waals surface area contributed by atoms with Gasteiger partial charge in [0.25, 0.3) is 0 Å². The van der Waals surface area contributed by atoms with Gasteiger partial charge in [-0.25, -0.2) is 0 Å². The minimum atomic E-state index is -0.556. The molecular weight excluding hydrogens is 250 g/mol. The number of Topliss-reactive ketones (excluding diaryl/α,β-unsaturated/α-hetero) is 1. The zero-order valence-electron chi connectivity index (χ0n) is 12.8. The van der Waals surface area contributed by atoms with E-state index in [0.717, 1.165) is 12.0 Å². The molecule has 0 aliphatic rings. The van der Waals surface area contributed by atoms with Crippen molar-refractivity contribution in [1.29, 1.82) is 0 Å². The van der Waals surface area contributed by atoms with Crippen molar-refractivity contribution in [1.82, 2.24) is 0 Å². The van der Waals surface area contributed by atoms with Crippen LogP contribution in [0.1, 0.15) is 39.7 Å². The number of ketones is 1. The molecule has 0 aromatic heterocycles. The van der Waals surface area contributed by atoms with Gasteiger partial charge in [0.1, 0.15) is 6.04 Å². The number of carbonyl (C=O) groups excluding carboxylic acids is 1. The molecule has 1 aromatic rings. The predicted octanol–water partition coefficient (Wildman–Crippen LogP) is 2.63. The van der Waals surface area contributed by atoms with Gasteiger partial charge in [0, 0.05) is 6.42 Å². The van der Waals surface area contributed by atoms with Gasteiger partial charge in [0.15, 0.2) is 5.78 Å². The van der Waals surface area contributed by atoms with E-state index in [4.69, 9.17) is 0 Å². The van der Waals surface area contributed by atoms with Gasteiger partial charge in [-0.3, -0.25) is 9.79 Å². The highest BCUT2D eigenvalue weighted by Crippen LogP contribution is 2.13. The van der Waals surface area contributed by atoms with Gasteiger partial charge in [-0.2, -0.15) is 0 Å². The first-order valence-corrected chi connectivity index (χ1v) is 7.19. The quantitative estimate of drug-likeness (QED) is 0.567. The van der Waals surface area contributed by atoms with Crippen LogP contribution >= 0.6 is 0 Å². The van der Waals surface area contributed by atoms with E-state index < -0.39 is 6.04 Å². The monoisotopic (exact) mass is 274 g/mol. The molecule has 110 valence electrons. The molecule has 0 saturated carbocycles. The second kappa shape index (κ2) is 7.83. The summed E-state index contributed by atoms with van der Waals surface area (Å²) in [5, 5.41) is 12.1. The Bertz CT molecular complexity index is 451. The molecule has 0 fully saturated rings. The normalized spacial score (nSPS) is 15.2. The van der Waals surface area contributed by atoms with Crippen LogP contribution in [0.3, 0.4) is 0 Å². The standard InChI is InChI=1S/C17H25NO2/c1-12(2)10-13(3)17(20)18-16(14(4)19)11-15-8-6-5-7-9-15/h5-9,12-13,16H,10-11H2,1-4H3,(H,18,20)/p-1/t13-,16-/m0/s1. The molecule has 0 aliphatic carbocycles. The molecule has 0 radical (unpaired) electrons. The Morgan fingerprint density at radius 1 is 1.20 bits per heavy atom. The molecule has 0 saturated heterocycles. The lowest BCUT2D eigenvalue weighted by Crippen LogP contribution is -2.31. The Morgan fingerprint density at radius 3 is 2.30 bits per heavy atom. The summed E-state index contributed by atoms with van der Waals surface area (Å²) in [6.45, 7) is 7.54. The summed E-state index contributed by atoms with van der Waals surface area (Å²) in [7, 11) is 0. The highest BCUT2D eigenvalue weighted by Gasteiger charge is 2.14. The summed E-state index contributed by atoms with van der Waals surface area (Å²) in [5.74, 6) is 0.121. The van der Waals surface area contributed by atoms with E-state index in [-0.39, 0.29) is 17.6 Å². The second-order valence-electron chi connectivity index (χ2n) is 5.81. The van der Waals surface area contributed by atoms with E-state index in [0.29, 0.717) is 12.3 Å². The summed E-state index contributed by atoms with van der Waals surface area (Å²) in [6.07, 6.45) is 1.30. The molecule has 20 heavy (non-hydrogen) atoms. The number of nitrogens with zero attached hydrogens (tertiary/aromatic N) is 1. The van der Waals surface area contributed by atoms with Crippen LogP contribution in [-0.2, 0) is 11.2 Å². The highest BCUT2D eigenvalue weighted by atomic mass is 16.3. The summed E-state index contributed by atoms with van der Waals surface area (Å²) < 4.78 is 0. The van der Waals surface area contributed by atoms with Crippen molar-refractivity contribution in [2.24, 2.45) is 16.8 Å². The maximum absolute atomic E-state index is 12.1. The summed E-state index contributed by atoms with van der Waals surface area (Å²) in [4.78, 5) is 15.8. The van der Waals surface area contributed by atoms with Crippen LogP contribution in [0, 0.1) is 11.8 Å². The fourth-order valence-electron chi connectivity index (χ4n) is 2.21. The fraction of sp³-hybridized carbons (Fsp3) is 0.529. The third-order valence-corrected chi connectivity index (χ3v) is 3.27. The van der Waals surface area contributed by atoms with Crippen LogP contribution in [-0.4, -0.2) is 17.7 Å². The van der Waals surface area contributed by atoms with Crippen LogP contribution in [0.25, 0.3) is 0 Å². The minimum Gasteiger partial charge on any atom is -0.862 e. The van der Waals surface area contributed by atoms with Crippen molar-refractivity contribution in [2.45, 2.75) is 46.6 Å². The predicted molar refractivity (Wildman–Crippen MR) is 80.7 cm³/mol. The second-order valence-corrected chi connectivity index (χ2v) is 5.81. The van der Waals surface area contributed by atoms with Crippen molar-refractivity contribution in [3.8, 4) is 0 Å². The average molecular weight is 274 g/mol. The van der Waals surface area contributed by atoms with Gasteiger partial charge in [-0.15, -0.1) is 0 Å². The third kappa shape index (κ3) is 5.55. The number of carbonyl (C=O) groups is 1. The van der Waals surface area contributed by atoms with Gasteiger partial charge in [0.05, 0.1) is 0 Å². The van der Waals surface area contributed by atoms with Crippen molar-refractivity contribution >= 4 is 11.7 Å². The van der Waals surface area contributed by atoms with Gasteiger partial charge in [0.2, 0.25) is 0 Å². The molecule has 1 aromatic carbocycles. The molecule has 2 atom stereocenters. The van der Waals surface area contributed by atoms with Crippen molar-refractivity contribution < 1.29 is 9.90 Å². The van der Waals surface area contributed by atoms with E-state index in [1.165, 1.54) is 6.92 Å². The largest absolute Gasteiger partial charge is 0.862 e. The maximum atomic E-state index is 12.1. The van der Waals surface area contributed by atoms with Crippen LogP contribution in [0.5, 0.6) is 0 Å². The summed E-state index contributed by atoms with van der Waals surface area (Å²) >= 11 is 0. The van der Waals surface area contributed by atoms with Crippen LogP contribution in [0.4, 0.5) is 0 Å². The number of rotatable bonds is 7. The maximum Gasteiger partial charge on any atom is 0.154 e. The molecular formula is C17H24NO2-. The molecule has 0 N–H and O–H groups in total. The van der Waals surface area contributed by atoms with Gasteiger partial charge < -0.3 is 5.11 Å². The third-order valence-electron chi connectivity index (χ3n) is 3.27. The first kappa shape index (κ1) is 16.4. The topological polar surface area (TPSA) is 52.5 Å². The Kier molecular flexibility index (Phi) is 6.43. The van der Waals surface area contributed by atoms with E-state index in [9.17, 15) is 9.90 Å². The molecule has 0 aliphatic heterocycles. The van der Waals surface area contributed by atoms with E-state index in [1.54, 1.807) is 0 Å². The van der Waals surface area contributed by atoms with Gasteiger partial charge >= 0.3 is 0 Å². The number of hydrogen-bond acceptors (Lipinski definition) is 3. The van der Waals surface area contributed by atoms with E-state index in [1.807, 2.05) is 37.3 Å². The summed E-state index contributed by atoms with van der Waals surface area (Å²) in [5.41, 5.74) is 1.03. The number of hydrogen-bond donors (Lipinski definition) is 0. The average Bonchev–Trinajstić information content (AvgIpc) is 2.38. The SMILES string of the molecule is CC(=O)[C@H](Cc1ccccc1)N=C([O-])[C@@H](C)CC(C)C. The lowest BCUT2D eigenvalue weighted by Gasteiger charge is -2.23. The molecule has 0 bridgehead atoms. The number of aliphatic imine (C=N–C) groups is 1. The van der Waals surface area contributed by atoms with E-state index >= 15 is 0 Å². The zero-order chi connectivity index (χ0) is 15.1. The van der Waals surface area contributed by atoms with Crippen molar-refractivity contribution in [3.63, 3.8) is 0 Å². The first-order chi connectivity index (χ1) is 9.40. The van der Waals surface area contributed by atoms with Crippen LogP contribution in [0.2, 0.25) is 0 Å². The minimum absolute atomic E-state index is 0.0565. The molecule has 0 spiro atoms. The molecule has 3 heteroatoms. The summed E-state index contributed by atoms with van der Waals surface area (Å²) in [6, 6.07) is 9.13. The number of benzene rings is 1. The smallest absolute Gasteiger partial charge is 0.154 e. The Hall–Kier alpha value is -1.64. The Labute approximate surface area is 121 Å². The van der Waals surface area contributed by atoms with Gasteiger partial charge in [-0.05, 0) is 36.6 Å². The Balaban J connectivity index is 2.79. The molecule has 0 unspecified atom stereocenters. The van der Waals surface area contributed by atoms with Crippen molar-refractivity contribution in [3.05, 3.63) is 35.9 Å². The first-order valence-electron chi connectivity index (χ1n) is 7.19. The molecule has 1 rings (SSSR count). The van der Waals surface area contributed by atoms with Crippen molar-refractivity contribution in [2.75, 3.05) is 0 Å². The van der Waals surface area contributed by atoms with E-state index in [2.05, 4.69) is 18.8 Å². The molecule has 0 amide bonds. The lowest BCUT2D eigenvalue weighted by atomic mass is 9.98.